The van der Waals surface area contributed by atoms with Gasteiger partial charge in [0.2, 0.25) is 0 Å². The highest BCUT2D eigenvalue weighted by Gasteiger charge is 2.06. The summed E-state index contributed by atoms with van der Waals surface area (Å²) >= 11 is 0. The normalized spacial score (nSPS) is 10.0. The van der Waals surface area contributed by atoms with Crippen LogP contribution in [0.15, 0.2) is 39.9 Å². The summed E-state index contributed by atoms with van der Waals surface area (Å²) in [5, 5.41) is 11.2. The number of hydrogen-bond donors (Lipinski definition) is 1. The highest BCUT2D eigenvalue weighted by atomic mass is 19.1. The van der Waals surface area contributed by atoms with Gasteiger partial charge in [0.15, 0.2) is 0 Å². The fraction of sp³-hybridized carbons (Fsp3) is 0.0833. The Kier molecular flexibility index (Phi) is 3.06. The predicted molar refractivity (Wildman–Crippen MR) is 61.5 cm³/mol. The van der Waals surface area contributed by atoms with Crippen molar-refractivity contribution in [1.29, 1.82) is 5.26 Å². The molecule has 0 radical (unpaired) electrons. The van der Waals surface area contributed by atoms with Gasteiger partial charge in [0, 0.05) is 12.1 Å². The highest BCUT2D eigenvalue weighted by molar-refractivity contribution is 5.37. The maximum Gasteiger partial charge on any atom is 0.265 e. The zero-order chi connectivity index (χ0) is 13.1. The van der Waals surface area contributed by atoms with E-state index in [4.69, 9.17) is 5.26 Å². The average Bonchev–Trinajstić information content (AvgIpc) is 2.34. The first-order chi connectivity index (χ1) is 8.60. The van der Waals surface area contributed by atoms with E-state index >= 15 is 0 Å². The summed E-state index contributed by atoms with van der Waals surface area (Å²) in [6.07, 6.45) is 0. The second kappa shape index (κ2) is 4.67. The molecule has 1 N–H and O–H groups in total. The highest BCUT2D eigenvalue weighted by Crippen LogP contribution is 2.10. The maximum absolute atomic E-state index is 13.1. The van der Waals surface area contributed by atoms with Gasteiger partial charge in [-0.05, 0) is 23.8 Å². The number of rotatable bonds is 2. The fourth-order valence-corrected chi connectivity index (χ4v) is 1.55. The molecule has 0 saturated carbocycles. The van der Waals surface area contributed by atoms with Gasteiger partial charge in [0.05, 0.1) is 18.2 Å². The van der Waals surface area contributed by atoms with Crippen LogP contribution in [0, 0.1) is 17.1 Å². The van der Waals surface area contributed by atoms with E-state index in [1.54, 1.807) is 0 Å². The monoisotopic (exact) mass is 245 g/mol. The molecule has 0 fully saturated rings. The molecule has 0 atom stereocenters. The van der Waals surface area contributed by atoms with Gasteiger partial charge in [0.1, 0.15) is 5.82 Å². The van der Waals surface area contributed by atoms with Crippen molar-refractivity contribution in [3.05, 3.63) is 68.0 Å². The molecule has 1 aromatic heterocycles. The predicted octanol–water partition coefficient (Wildman–Crippen LogP) is 0.596. The van der Waals surface area contributed by atoms with Gasteiger partial charge in [-0.3, -0.25) is 14.7 Å². The lowest BCUT2D eigenvalue weighted by Crippen LogP contribution is -2.28. The minimum Gasteiger partial charge on any atom is -0.268 e. The summed E-state index contributed by atoms with van der Waals surface area (Å²) in [4.78, 5) is 22.6. The summed E-state index contributed by atoms with van der Waals surface area (Å²) in [7, 11) is 0. The topological polar surface area (TPSA) is 78.7 Å². The summed E-state index contributed by atoms with van der Waals surface area (Å²) in [6.45, 7) is -0.0600. The Hall–Kier alpha value is -2.68. The van der Waals surface area contributed by atoms with E-state index in [-0.39, 0.29) is 12.1 Å². The molecule has 6 heteroatoms. The Morgan fingerprint density at radius 2 is 2.06 bits per heavy atom. The second-order valence-electron chi connectivity index (χ2n) is 3.65. The molecule has 0 bridgehead atoms. The molecule has 0 unspecified atom stereocenters. The Morgan fingerprint density at radius 3 is 2.78 bits per heavy atom. The molecule has 0 aliphatic carbocycles. The Balaban J connectivity index is 2.49. The zero-order valence-electron chi connectivity index (χ0n) is 9.18. The van der Waals surface area contributed by atoms with Crippen molar-refractivity contribution in [3.8, 4) is 6.07 Å². The molecule has 0 saturated heterocycles. The van der Waals surface area contributed by atoms with E-state index in [1.807, 2.05) is 6.07 Å². The third-order valence-corrected chi connectivity index (χ3v) is 2.40. The van der Waals surface area contributed by atoms with Gasteiger partial charge < -0.3 is 0 Å². The van der Waals surface area contributed by atoms with Crippen LogP contribution in [0.2, 0.25) is 0 Å². The van der Waals surface area contributed by atoms with Crippen LogP contribution < -0.4 is 11.1 Å². The van der Waals surface area contributed by atoms with Gasteiger partial charge in [-0.25, -0.2) is 9.07 Å². The van der Waals surface area contributed by atoms with Crippen molar-refractivity contribution >= 4 is 0 Å². The summed E-state index contributed by atoms with van der Waals surface area (Å²) in [5.41, 5.74) is -0.276. The minimum absolute atomic E-state index is 0.0600. The number of nitriles is 1. The molecule has 90 valence electrons. The number of nitrogens with zero attached hydrogens (tertiary/aromatic N) is 2. The molecule has 0 spiro atoms. The molecule has 2 aromatic rings. The minimum atomic E-state index is -0.504. The number of nitrogens with one attached hydrogen (secondary N) is 1. The SMILES string of the molecule is N#Cc1ccc(F)cc1Cn1[nH]c(=O)ccc1=O. The first-order valence-corrected chi connectivity index (χ1v) is 5.09. The molecular weight excluding hydrogens is 237 g/mol. The quantitative estimate of drug-likeness (QED) is 0.841. The van der Waals surface area contributed by atoms with E-state index in [2.05, 4.69) is 5.10 Å². The molecule has 1 aromatic carbocycles. The maximum atomic E-state index is 13.1. The molecule has 5 nitrogen and oxygen atoms in total. The van der Waals surface area contributed by atoms with Gasteiger partial charge in [-0.15, -0.1) is 0 Å². The number of aromatic amines is 1. The first-order valence-electron chi connectivity index (χ1n) is 5.09. The van der Waals surface area contributed by atoms with Gasteiger partial charge in [0.25, 0.3) is 11.1 Å². The number of aromatic nitrogens is 2. The lowest BCUT2D eigenvalue weighted by atomic mass is 10.1. The fourth-order valence-electron chi connectivity index (χ4n) is 1.55. The van der Waals surface area contributed by atoms with Gasteiger partial charge >= 0.3 is 0 Å². The van der Waals surface area contributed by atoms with Gasteiger partial charge in [-0.1, -0.05) is 0 Å². The first kappa shape index (κ1) is 11.8. The molecule has 18 heavy (non-hydrogen) atoms. The standard InChI is InChI=1S/C12H8FN3O2/c13-10-2-1-8(6-14)9(5-10)7-16-12(18)4-3-11(17)15-16/h1-5H,7H2,(H,15,17). The van der Waals surface area contributed by atoms with E-state index in [0.717, 1.165) is 22.9 Å². The van der Waals surface area contributed by atoms with Crippen LogP contribution >= 0.6 is 0 Å². The van der Waals surface area contributed by atoms with Crippen LogP contribution in [0.3, 0.4) is 0 Å². The molecular formula is C12H8FN3O2. The Labute approximate surface area is 101 Å². The second-order valence-corrected chi connectivity index (χ2v) is 3.65. The van der Waals surface area contributed by atoms with Crippen molar-refractivity contribution in [2.45, 2.75) is 6.54 Å². The third kappa shape index (κ3) is 2.35. The lowest BCUT2D eigenvalue weighted by Gasteiger charge is -2.06. The van der Waals surface area contributed by atoms with E-state index in [1.165, 1.54) is 12.1 Å². The summed E-state index contributed by atoms with van der Waals surface area (Å²) in [5.74, 6) is -0.504. The van der Waals surface area contributed by atoms with Crippen LogP contribution in [0.5, 0.6) is 0 Å². The average molecular weight is 245 g/mol. The Morgan fingerprint density at radius 1 is 1.28 bits per heavy atom. The molecule has 2 rings (SSSR count). The van der Waals surface area contributed by atoms with E-state index < -0.39 is 16.9 Å². The van der Waals surface area contributed by atoms with Crippen molar-refractivity contribution in [1.82, 2.24) is 9.78 Å². The number of hydrogen-bond acceptors (Lipinski definition) is 3. The largest absolute Gasteiger partial charge is 0.268 e. The molecule has 0 aliphatic rings. The third-order valence-electron chi connectivity index (χ3n) is 2.40. The summed E-state index contributed by atoms with van der Waals surface area (Å²) < 4.78 is 14.1. The zero-order valence-corrected chi connectivity index (χ0v) is 9.18. The van der Waals surface area contributed by atoms with Crippen molar-refractivity contribution in [2.24, 2.45) is 0 Å². The molecule has 1 heterocycles. The number of halogens is 1. The smallest absolute Gasteiger partial charge is 0.265 e. The number of H-pyrrole nitrogens is 1. The lowest BCUT2D eigenvalue weighted by molar-refractivity contribution is 0.605. The number of benzene rings is 1. The molecule has 0 amide bonds. The van der Waals surface area contributed by atoms with Crippen LogP contribution in [0.1, 0.15) is 11.1 Å². The van der Waals surface area contributed by atoms with Crippen molar-refractivity contribution in [3.63, 3.8) is 0 Å². The van der Waals surface area contributed by atoms with Crippen molar-refractivity contribution in [2.75, 3.05) is 0 Å². The summed E-state index contributed by atoms with van der Waals surface area (Å²) in [6, 6.07) is 7.78. The van der Waals surface area contributed by atoms with E-state index in [0.29, 0.717) is 5.56 Å². The van der Waals surface area contributed by atoms with Crippen LogP contribution in [0.25, 0.3) is 0 Å². The van der Waals surface area contributed by atoms with Crippen LogP contribution in [0.4, 0.5) is 4.39 Å². The molecule has 0 aliphatic heterocycles. The van der Waals surface area contributed by atoms with Gasteiger partial charge in [-0.2, -0.15) is 5.26 Å². The van der Waals surface area contributed by atoms with Crippen LogP contribution in [-0.4, -0.2) is 9.78 Å². The van der Waals surface area contributed by atoms with Crippen LogP contribution in [-0.2, 0) is 6.54 Å². The van der Waals surface area contributed by atoms with Crippen molar-refractivity contribution < 1.29 is 4.39 Å². The Bertz CT molecular complexity index is 740. The van der Waals surface area contributed by atoms with E-state index in [9.17, 15) is 14.0 Å².